The highest BCUT2D eigenvalue weighted by Crippen LogP contribution is 1.90. The standard InChI is InChI=1S/C5H8N2O3/c8-3-7-1-4(9)6-5(10)2-7/h8H,1-3H2,(H,6,9,10). The third-order valence-electron chi connectivity index (χ3n) is 1.21. The van der Waals surface area contributed by atoms with Crippen molar-refractivity contribution in [2.45, 2.75) is 0 Å². The van der Waals surface area contributed by atoms with Crippen molar-refractivity contribution in [3.05, 3.63) is 0 Å². The van der Waals surface area contributed by atoms with Gasteiger partial charge in [-0.2, -0.15) is 0 Å². The number of nitrogens with one attached hydrogen (secondary N) is 1. The van der Waals surface area contributed by atoms with Crippen LogP contribution in [-0.4, -0.2) is 41.6 Å². The van der Waals surface area contributed by atoms with Gasteiger partial charge in [-0.15, -0.1) is 0 Å². The molecule has 0 aliphatic carbocycles. The van der Waals surface area contributed by atoms with Gasteiger partial charge in [-0.05, 0) is 0 Å². The quantitative estimate of drug-likeness (QED) is 0.413. The van der Waals surface area contributed by atoms with E-state index in [-0.39, 0.29) is 31.6 Å². The van der Waals surface area contributed by atoms with Gasteiger partial charge in [-0.1, -0.05) is 0 Å². The summed E-state index contributed by atoms with van der Waals surface area (Å²) in [5, 5.41) is 10.6. The second-order valence-electron chi connectivity index (χ2n) is 2.10. The largest absolute Gasteiger partial charge is 0.381 e. The summed E-state index contributed by atoms with van der Waals surface area (Å²) in [4.78, 5) is 22.5. The minimum Gasteiger partial charge on any atom is -0.381 e. The molecule has 1 aliphatic rings. The van der Waals surface area contributed by atoms with Crippen LogP contribution in [0.2, 0.25) is 0 Å². The lowest BCUT2D eigenvalue weighted by Crippen LogP contribution is -2.51. The molecule has 5 heteroatoms. The number of hydrogen-bond donors (Lipinski definition) is 2. The van der Waals surface area contributed by atoms with Crippen molar-refractivity contribution < 1.29 is 14.7 Å². The molecule has 0 atom stereocenters. The second kappa shape index (κ2) is 2.76. The van der Waals surface area contributed by atoms with Crippen molar-refractivity contribution in [1.29, 1.82) is 0 Å². The highest BCUT2D eigenvalue weighted by Gasteiger charge is 2.20. The first-order valence-electron chi connectivity index (χ1n) is 2.88. The van der Waals surface area contributed by atoms with Crippen LogP contribution >= 0.6 is 0 Å². The molecule has 0 unspecified atom stereocenters. The number of hydrogen-bond acceptors (Lipinski definition) is 4. The fourth-order valence-corrected chi connectivity index (χ4v) is 0.797. The maximum Gasteiger partial charge on any atom is 0.240 e. The first-order valence-corrected chi connectivity index (χ1v) is 2.88. The highest BCUT2D eigenvalue weighted by atomic mass is 16.3. The summed E-state index contributed by atoms with van der Waals surface area (Å²) in [7, 11) is 0. The van der Waals surface area contributed by atoms with Crippen LogP contribution in [0.3, 0.4) is 0 Å². The van der Waals surface area contributed by atoms with E-state index in [1.165, 1.54) is 4.90 Å². The molecular weight excluding hydrogens is 136 g/mol. The van der Waals surface area contributed by atoms with E-state index >= 15 is 0 Å². The van der Waals surface area contributed by atoms with Crippen LogP contribution in [0.15, 0.2) is 0 Å². The third-order valence-corrected chi connectivity index (χ3v) is 1.21. The molecule has 0 aromatic rings. The molecule has 2 N–H and O–H groups in total. The molecule has 0 aromatic heterocycles. The van der Waals surface area contributed by atoms with E-state index in [9.17, 15) is 9.59 Å². The Hall–Kier alpha value is -0.940. The summed E-state index contributed by atoms with van der Waals surface area (Å²) >= 11 is 0. The molecule has 0 radical (unpaired) electrons. The predicted molar refractivity (Wildman–Crippen MR) is 31.8 cm³/mol. The monoisotopic (exact) mass is 144 g/mol. The molecule has 1 rings (SSSR count). The molecule has 5 nitrogen and oxygen atoms in total. The van der Waals surface area contributed by atoms with Crippen LogP contribution in [0.4, 0.5) is 0 Å². The number of imide groups is 1. The summed E-state index contributed by atoms with van der Waals surface area (Å²) < 4.78 is 0. The first kappa shape index (κ1) is 7.17. The Morgan fingerprint density at radius 3 is 2.30 bits per heavy atom. The van der Waals surface area contributed by atoms with Gasteiger partial charge < -0.3 is 5.11 Å². The van der Waals surface area contributed by atoms with E-state index in [1.807, 2.05) is 0 Å². The summed E-state index contributed by atoms with van der Waals surface area (Å²) in [6.07, 6.45) is 0. The molecular formula is C5H8N2O3. The van der Waals surface area contributed by atoms with Crippen LogP contribution < -0.4 is 5.32 Å². The van der Waals surface area contributed by atoms with Gasteiger partial charge in [-0.3, -0.25) is 19.8 Å². The number of carbonyl (C=O) groups excluding carboxylic acids is 2. The van der Waals surface area contributed by atoms with E-state index in [0.717, 1.165) is 0 Å². The van der Waals surface area contributed by atoms with E-state index in [2.05, 4.69) is 5.32 Å². The van der Waals surface area contributed by atoms with Crippen molar-refractivity contribution in [3.8, 4) is 0 Å². The van der Waals surface area contributed by atoms with E-state index < -0.39 is 0 Å². The minimum absolute atomic E-state index is 0.0994. The first-order chi connectivity index (χ1) is 4.72. The molecule has 0 bridgehead atoms. The van der Waals surface area contributed by atoms with Crippen molar-refractivity contribution in [2.75, 3.05) is 19.8 Å². The van der Waals surface area contributed by atoms with Crippen LogP contribution in [-0.2, 0) is 9.59 Å². The number of piperazine rings is 1. The smallest absolute Gasteiger partial charge is 0.240 e. The van der Waals surface area contributed by atoms with Gasteiger partial charge in [-0.25, -0.2) is 0 Å². The third kappa shape index (κ3) is 1.52. The van der Waals surface area contributed by atoms with E-state index in [0.29, 0.717) is 0 Å². The number of carbonyl (C=O) groups is 2. The lowest BCUT2D eigenvalue weighted by atomic mass is 10.4. The lowest BCUT2D eigenvalue weighted by molar-refractivity contribution is -0.137. The fourth-order valence-electron chi connectivity index (χ4n) is 0.797. The number of aliphatic hydroxyl groups excluding tert-OH is 1. The van der Waals surface area contributed by atoms with Crippen LogP contribution in [0, 0.1) is 0 Å². The SMILES string of the molecule is O=C1CN(CO)CC(=O)N1. The zero-order valence-corrected chi connectivity index (χ0v) is 5.33. The van der Waals surface area contributed by atoms with Gasteiger partial charge >= 0.3 is 0 Å². The zero-order valence-electron chi connectivity index (χ0n) is 5.33. The number of aliphatic hydroxyl groups is 1. The van der Waals surface area contributed by atoms with Gasteiger partial charge in [0.25, 0.3) is 0 Å². The Labute approximate surface area is 57.6 Å². The van der Waals surface area contributed by atoms with Crippen molar-refractivity contribution in [1.82, 2.24) is 10.2 Å². The minimum atomic E-state index is -0.356. The summed E-state index contributed by atoms with van der Waals surface area (Å²) in [5.74, 6) is -0.712. The summed E-state index contributed by atoms with van der Waals surface area (Å²) in [5.41, 5.74) is 0. The van der Waals surface area contributed by atoms with Crippen LogP contribution in [0.25, 0.3) is 0 Å². The average molecular weight is 144 g/mol. The lowest BCUT2D eigenvalue weighted by Gasteiger charge is -2.22. The maximum absolute atomic E-state index is 10.6. The molecule has 0 saturated carbocycles. The van der Waals surface area contributed by atoms with Crippen molar-refractivity contribution in [3.63, 3.8) is 0 Å². The molecule has 56 valence electrons. The molecule has 10 heavy (non-hydrogen) atoms. The number of rotatable bonds is 1. The maximum atomic E-state index is 10.6. The molecule has 0 spiro atoms. The molecule has 2 amide bonds. The average Bonchev–Trinajstić information content (AvgIpc) is 1.85. The fraction of sp³-hybridized carbons (Fsp3) is 0.600. The van der Waals surface area contributed by atoms with Gasteiger partial charge in [0, 0.05) is 0 Å². The molecule has 1 aliphatic heterocycles. The Bertz CT molecular complexity index is 152. The topological polar surface area (TPSA) is 69.6 Å². The van der Waals surface area contributed by atoms with Crippen molar-refractivity contribution in [2.24, 2.45) is 0 Å². The number of nitrogens with zero attached hydrogens (tertiary/aromatic N) is 1. The van der Waals surface area contributed by atoms with Crippen molar-refractivity contribution >= 4 is 11.8 Å². The normalized spacial score (nSPS) is 20.9. The van der Waals surface area contributed by atoms with Gasteiger partial charge in [0.1, 0.15) is 0 Å². The second-order valence-corrected chi connectivity index (χ2v) is 2.10. The van der Waals surface area contributed by atoms with E-state index in [4.69, 9.17) is 5.11 Å². The van der Waals surface area contributed by atoms with Gasteiger partial charge in [0.15, 0.2) is 0 Å². The Morgan fingerprint density at radius 1 is 1.40 bits per heavy atom. The molecule has 1 heterocycles. The van der Waals surface area contributed by atoms with Gasteiger partial charge in [0.2, 0.25) is 11.8 Å². The Morgan fingerprint density at radius 2 is 1.90 bits per heavy atom. The Balaban J connectivity index is 2.50. The molecule has 1 saturated heterocycles. The van der Waals surface area contributed by atoms with Gasteiger partial charge in [0.05, 0.1) is 19.8 Å². The predicted octanol–water partition coefficient (Wildman–Crippen LogP) is -2.11. The number of amides is 2. The summed E-state index contributed by atoms with van der Waals surface area (Å²) in [6, 6.07) is 0. The zero-order chi connectivity index (χ0) is 7.56. The van der Waals surface area contributed by atoms with Crippen LogP contribution in [0.1, 0.15) is 0 Å². The Kier molecular flexibility index (Phi) is 1.98. The summed E-state index contributed by atoms with van der Waals surface area (Å²) in [6.45, 7) is -0.0519. The van der Waals surface area contributed by atoms with E-state index in [1.54, 1.807) is 0 Å². The molecule has 1 fully saturated rings. The molecule has 0 aromatic carbocycles. The highest BCUT2D eigenvalue weighted by molar-refractivity contribution is 5.99. The van der Waals surface area contributed by atoms with Crippen LogP contribution in [0.5, 0.6) is 0 Å².